The van der Waals surface area contributed by atoms with Crippen molar-refractivity contribution < 1.29 is 53.4 Å². The molecule has 0 aliphatic heterocycles. The monoisotopic (exact) mass is 954 g/mol. The van der Waals surface area contributed by atoms with E-state index in [1.165, 1.54) is 26.1 Å². The van der Waals surface area contributed by atoms with Crippen LogP contribution in [-0.4, -0.2) is 124 Å². The van der Waals surface area contributed by atoms with Gasteiger partial charge in [0.2, 0.25) is 41.4 Å². The molecule has 362 valence electrons. The number of hydrogen-bond acceptors (Lipinski definition) is 10. The summed E-state index contributed by atoms with van der Waals surface area (Å²) in [5.41, 5.74) is 16.6. The molecule has 1 aliphatic carbocycles. The maximum absolute atomic E-state index is 14.5. The number of nitrogens with two attached hydrogens (primary N) is 3. The number of aliphatic carboxylic acids is 2. The summed E-state index contributed by atoms with van der Waals surface area (Å²) in [5.74, 6) is -9.16. The second-order valence-corrected chi connectivity index (χ2v) is 17.5. The van der Waals surface area contributed by atoms with Crippen molar-refractivity contribution in [1.82, 2.24) is 31.5 Å². The number of benzene rings is 1. The molecule has 7 amide bonds. The molecule has 0 radical (unpaired) electrons. The number of halogens is 2. The first-order chi connectivity index (χ1) is 30.5. The topological polar surface area (TPSA) is 348 Å². The van der Waals surface area contributed by atoms with Gasteiger partial charge in [0.25, 0.3) is 0 Å². The molecule has 21 nitrogen and oxygen atoms in total. The number of likely N-dealkylation sites (N-methyl/N-ethyl adjacent to an activating group) is 1. The minimum atomic E-state index is -1.73. The summed E-state index contributed by atoms with van der Waals surface area (Å²) in [7, 11) is 1.18. The van der Waals surface area contributed by atoms with Crippen LogP contribution < -0.4 is 43.8 Å². The predicted molar refractivity (Wildman–Crippen MR) is 241 cm³/mol. The number of carboxylic acids is 2. The van der Waals surface area contributed by atoms with Crippen LogP contribution in [0, 0.1) is 11.8 Å². The Labute approximate surface area is 388 Å². The number of aliphatic imine (C=N–C) groups is 1. The Morgan fingerprint density at radius 2 is 1.34 bits per heavy atom. The fourth-order valence-electron chi connectivity index (χ4n) is 7.41. The van der Waals surface area contributed by atoms with Gasteiger partial charge in [-0.15, -0.1) is 0 Å². The molecule has 1 aliphatic rings. The first-order valence-corrected chi connectivity index (χ1v) is 22.2. The molecule has 0 heterocycles. The number of carbonyl (C=O) groups is 9. The fourth-order valence-corrected chi connectivity index (χ4v) is 7.73. The highest BCUT2D eigenvalue weighted by Gasteiger charge is 2.38. The van der Waals surface area contributed by atoms with E-state index < -0.39 is 96.0 Å². The molecule has 0 unspecified atom stereocenters. The number of carboxylic acid groups (broad SMARTS) is 2. The first-order valence-electron chi connectivity index (χ1n) is 21.5. The Morgan fingerprint density at radius 3 is 1.88 bits per heavy atom. The van der Waals surface area contributed by atoms with Crippen LogP contribution in [0.5, 0.6) is 0 Å². The van der Waals surface area contributed by atoms with Crippen molar-refractivity contribution in [2.45, 2.75) is 140 Å². The van der Waals surface area contributed by atoms with Crippen LogP contribution >= 0.6 is 23.2 Å². The van der Waals surface area contributed by atoms with Gasteiger partial charge in [-0.2, -0.15) is 0 Å². The number of hydrogen-bond donors (Lipinski definition) is 10. The third kappa shape index (κ3) is 20.3. The zero-order chi connectivity index (χ0) is 49.0. The zero-order valence-electron chi connectivity index (χ0n) is 37.2. The van der Waals surface area contributed by atoms with Gasteiger partial charge in [0.15, 0.2) is 5.96 Å². The molecular weight excluding hydrogens is 891 g/mol. The highest BCUT2D eigenvalue weighted by atomic mass is 35.5. The van der Waals surface area contributed by atoms with Crippen molar-refractivity contribution in [2.24, 2.45) is 34.0 Å². The molecule has 6 atom stereocenters. The average molecular weight is 956 g/mol. The molecule has 0 aromatic heterocycles. The van der Waals surface area contributed by atoms with E-state index in [9.17, 15) is 53.4 Å². The Balaban J connectivity index is 2.44. The maximum atomic E-state index is 14.5. The van der Waals surface area contributed by atoms with E-state index in [1.54, 1.807) is 19.9 Å². The molecule has 13 N–H and O–H groups in total. The quantitative estimate of drug-likeness (QED) is 0.0330. The molecule has 1 aromatic rings. The zero-order valence-corrected chi connectivity index (χ0v) is 38.7. The van der Waals surface area contributed by atoms with Crippen molar-refractivity contribution in [3.63, 3.8) is 0 Å². The van der Waals surface area contributed by atoms with Crippen molar-refractivity contribution in [2.75, 3.05) is 13.6 Å². The average Bonchev–Trinajstić information content (AvgIpc) is 3.22. The van der Waals surface area contributed by atoms with Gasteiger partial charge in [-0.3, -0.25) is 43.3 Å². The van der Waals surface area contributed by atoms with E-state index in [0.29, 0.717) is 18.4 Å². The first kappa shape index (κ1) is 55.4. The fraction of sp³-hybridized carbons (Fsp3) is 0.619. The van der Waals surface area contributed by atoms with Crippen LogP contribution in [0.2, 0.25) is 10.0 Å². The van der Waals surface area contributed by atoms with Crippen LogP contribution in [-0.2, 0) is 49.6 Å². The Kier molecular flexibility index (Phi) is 23.5. The maximum Gasteiger partial charge on any atom is 0.326 e. The SMILES string of the molecule is CC(=O)N[C@@H](CCCN=C(N)N)C(=O)N[C@@H](CCC(N)=O)C(=O)N[C@@H](CC1CCCCC1)C(=O)N(C)[C@@H](CC(=O)O)C(=O)N[C@@H](CC(C)C)C(=O)N[C@@H](Cc1ccc(Cl)c(Cl)c1)C(=O)O. The summed E-state index contributed by atoms with van der Waals surface area (Å²) in [4.78, 5) is 123. The number of nitrogens with zero attached hydrogens (tertiary/aromatic N) is 2. The third-order valence-corrected chi connectivity index (χ3v) is 11.5. The number of carbonyl (C=O) groups excluding carboxylic acids is 7. The van der Waals surface area contributed by atoms with Crippen molar-refractivity contribution in [1.29, 1.82) is 0 Å². The number of nitrogens with one attached hydrogen (secondary N) is 5. The van der Waals surface area contributed by atoms with Crippen molar-refractivity contribution in [3.8, 4) is 0 Å². The van der Waals surface area contributed by atoms with Crippen LogP contribution in [0.4, 0.5) is 0 Å². The van der Waals surface area contributed by atoms with Crippen molar-refractivity contribution >= 4 is 82.5 Å². The Hall–Kier alpha value is -5.70. The number of amides is 7. The summed E-state index contributed by atoms with van der Waals surface area (Å²) < 4.78 is 0. The Bertz CT molecular complexity index is 1890. The smallest absolute Gasteiger partial charge is 0.326 e. The van der Waals surface area contributed by atoms with Gasteiger partial charge in [0.1, 0.15) is 36.3 Å². The molecule has 65 heavy (non-hydrogen) atoms. The summed E-state index contributed by atoms with van der Waals surface area (Å²) in [6.07, 6.45) is 2.67. The van der Waals surface area contributed by atoms with Gasteiger partial charge in [-0.05, 0) is 61.6 Å². The van der Waals surface area contributed by atoms with E-state index in [-0.39, 0.29) is 79.3 Å². The second kappa shape index (κ2) is 27.6. The largest absolute Gasteiger partial charge is 0.481 e. The minimum absolute atomic E-state index is 0.00796. The standard InChI is InChI=1S/C42H64Cl2N10O11/c1-22(2)17-30(38(61)53-32(41(64)65)20-25-12-13-26(43)27(44)18-25)51-39(62)33(21-35(57)58)54(4)40(63)31(19-24-9-6-5-7-10-24)52-37(60)29(14-15-34(45)56)50-36(59)28(49-23(3)55)11-8-16-48-42(46)47/h12-13,18,22,24,28-33H,5-11,14-17,19-21H2,1-4H3,(H2,45,56)(H,49,55)(H,50,59)(H,51,62)(H,52,60)(H,53,61)(H,57,58)(H,64,65)(H4,46,47,48)/t28-,29-,30-,31-,32-,33-/m0/s1. The predicted octanol–water partition coefficient (Wildman–Crippen LogP) is 0.702. The molecular formula is C42H64Cl2N10O11. The number of guanidine groups is 1. The van der Waals surface area contributed by atoms with Crippen LogP contribution in [0.3, 0.4) is 0 Å². The summed E-state index contributed by atoms with van der Waals surface area (Å²) in [6, 6.07) is -4.08. The van der Waals surface area contributed by atoms with Crippen LogP contribution in [0.25, 0.3) is 0 Å². The molecule has 1 saturated carbocycles. The van der Waals surface area contributed by atoms with Gasteiger partial charge < -0.3 is 58.9 Å². The van der Waals surface area contributed by atoms with Crippen molar-refractivity contribution in [3.05, 3.63) is 33.8 Å². The highest BCUT2D eigenvalue weighted by Crippen LogP contribution is 2.28. The van der Waals surface area contributed by atoms with E-state index >= 15 is 0 Å². The molecule has 1 aromatic carbocycles. The molecule has 2 rings (SSSR count). The van der Waals surface area contributed by atoms with E-state index in [1.807, 2.05) is 0 Å². The molecule has 0 bridgehead atoms. The van der Waals surface area contributed by atoms with Gasteiger partial charge in [-0.1, -0.05) is 75.2 Å². The van der Waals surface area contributed by atoms with Gasteiger partial charge >= 0.3 is 11.9 Å². The van der Waals surface area contributed by atoms with Gasteiger partial charge in [0, 0.05) is 33.4 Å². The number of primary amides is 1. The molecule has 0 spiro atoms. The van der Waals surface area contributed by atoms with Crippen LogP contribution in [0.1, 0.15) is 103 Å². The summed E-state index contributed by atoms with van der Waals surface area (Å²) in [5, 5.41) is 33.0. The lowest BCUT2D eigenvalue weighted by molar-refractivity contribution is -0.148. The molecule has 1 fully saturated rings. The van der Waals surface area contributed by atoms with Crippen LogP contribution in [0.15, 0.2) is 23.2 Å². The highest BCUT2D eigenvalue weighted by molar-refractivity contribution is 6.42. The minimum Gasteiger partial charge on any atom is -0.481 e. The summed E-state index contributed by atoms with van der Waals surface area (Å²) in [6.45, 7) is 4.81. The van der Waals surface area contributed by atoms with E-state index in [0.717, 1.165) is 24.2 Å². The molecule has 23 heteroatoms. The second-order valence-electron chi connectivity index (χ2n) is 16.7. The summed E-state index contributed by atoms with van der Waals surface area (Å²) >= 11 is 12.1. The Morgan fingerprint density at radius 1 is 0.769 bits per heavy atom. The lowest BCUT2D eigenvalue weighted by atomic mass is 9.84. The lowest BCUT2D eigenvalue weighted by Gasteiger charge is -2.34. The third-order valence-electron chi connectivity index (χ3n) is 10.7. The normalized spacial score (nSPS) is 15.4. The van der Waals surface area contributed by atoms with Gasteiger partial charge in [-0.25, -0.2) is 4.79 Å². The molecule has 0 saturated heterocycles. The number of rotatable bonds is 27. The van der Waals surface area contributed by atoms with Gasteiger partial charge in [0.05, 0.1) is 16.5 Å². The lowest BCUT2D eigenvalue weighted by Crippen LogP contribution is -2.60. The van der Waals surface area contributed by atoms with E-state index in [2.05, 4.69) is 31.6 Å². The van der Waals surface area contributed by atoms with E-state index in [4.69, 9.17) is 40.4 Å².